The van der Waals surface area contributed by atoms with Crippen LogP contribution in [0, 0.1) is 5.92 Å². The van der Waals surface area contributed by atoms with E-state index in [1.807, 2.05) is 13.8 Å². The first-order chi connectivity index (χ1) is 9.40. The molecule has 6 heteroatoms. The van der Waals surface area contributed by atoms with Crippen molar-refractivity contribution in [2.75, 3.05) is 12.4 Å². The van der Waals surface area contributed by atoms with Gasteiger partial charge in [0.05, 0.1) is 16.8 Å². The third-order valence-electron chi connectivity index (χ3n) is 3.27. The van der Waals surface area contributed by atoms with Crippen LogP contribution >= 0.6 is 11.6 Å². The van der Waals surface area contributed by atoms with Crippen molar-refractivity contribution in [3.05, 3.63) is 28.8 Å². The first kappa shape index (κ1) is 16.5. The molecule has 0 saturated heterocycles. The predicted octanol–water partition coefficient (Wildman–Crippen LogP) is 2.01. The van der Waals surface area contributed by atoms with Crippen LogP contribution in [0.15, 0.2) is 18.2 Å². The highest BCUT2D eigenvalue weighted by Crippen LogP contribution is 2.23. The number of benzene rings is 1. The summed E-state index contributed by atoms with van der Waals surface area (Å²) in [7, 11) is 1.54. The zero-order chi connectivity index (χ0) is 15.3. The van der Waals surface area contributed by atoms with Crippen molar-refractivity contribution in [1.29, 1.82) is 0 Å². The molecule has 0 heterocycles. The van der Waals surface area contributed by atoms with Gasteiger partial charge >= 0.3 is 0 Å². The van der Waals surface area contributed by atoms with Crippen LogP contribution in [0.3, 0.4) is 0 Å². The van der Waals surface area contributed by atoms with E-state index < -0.39 is 6.04 Å². The fraction of sp³-hybridized carbons (Fsp3) is 0.429. The minimum Gasteiger partial charge on any atom is -0.355 e. The van der Waals surface area contributed by atoms with E-state index in [2.05, 4.69) is 10.6 Å². The Morgan fingerprint density at radius 1 is 1.40 bits per heavy atom. The van der Waals surface area contributed by atoms with Gasteiger partial charge in [-0.3, -0.25) is 9.59 Å². The molecule has 0 bridgehead atoms. The topological polar surface area (TPSA) is 84.2 Å². The Hall–Kier alpha value is -1.59. The molecule has 2 atom stereocenters. The van der Waals surface area contributed by atoms with Crippen molar-refractivity contribution in [2.24, 2.45) is 11.7 Å². The number of anilines is 1. The number of rotatable bonds is 5. The normalized spacial score (nSPS) is 13.4. The van der Waals surface area contributed by atoms with Gasteiger partial charge in [0.15, 0.2) is 0 Å². The first-order valence-electron chi connectivity index (χ1n) is 6.48. The second-order valence-electron chi connectivity index (χ2n) is 4.67. The molecule has 1 aromatic rings. The Morgan fingerprint density at radius 3 is 2.60 bits per heavy atom. The largest absolute Gasteiger partial charge is 0.355 e. The van der Waals surface area contributed by atoms with Crippen LogP contribution in [0.1, 0.15) is 30.6 Å². The van der Waals surface area contributed by atoms with Gasteiger partial charge in [0.2, 0.25) is 5.91 Å². The number of amides is 2. The number of halogens is 1. The highest BCUT2D eigenvalue weighted by atomic mass is 35.5. The van der Waals surface area contributed by atoms with Gasteiger partial charge in [-0.15, -0.1) is 0 Å². The maximum absolute atomic E-state index is 12.0. The molecule has 0 aromatic heterocycles. The van der Waals surface area contributed by atoms with Gasteiger partial charge in [-0.1, -0.05) is 31.9 Å². The summed E-state index contributed by atoms with van der Waals surface area (Å²) in [4.78, 5) is 23.6. The lowest BCUT2D eigenvalue weighted by Gasteiger charge is -2.18. The Labute approximate surface area is 123 Å². The molecule has 0 saturated carbocycles. The lowest BCUT2D eigenvalue weighted by molar-refractivity contribution is -0.118. The first-order valence-corrected chi connectivity index (χ1v) is 6.86. The summed E-state index contributed by atoms with van der Waals surface area (Å²) in [6.45, 7) is 3.88. The van der Waals surface area contributed by atoms with Crippen LogP contribution in [0.4, 0.5) is 5.69 Å². The summed E-state index contributed by atoms with van der Waals surface area (Å²) in [5.74, 6) is -0.491. The van der Waals surface area contributed by atoms with E-state index in [1.165, 1.54) is 13.1 Å². The van der Waals surface area contributed by atoms with Crippen molar-refractivity contribution < 1.29 is 9.59 Å². The van der Waals surface area contributed by atoms with Gasteiger partial charge in [-0.2, -0.15) is 0 Å². The monoisotopic (exact) mass is 297 g/mol. The minimum absolute atomic E-state index is 0.0656. The molecule has 0 aliphatic carbocycles. The van der Waals surface area contributed by atoms with Crippen molar-refractivity contribution in [1.82, 2.24) is 5.32 Å². The number of hydrogen-bond acceptors (Lipinski definition) is 3. The molecule has 1 aromatic carbocycles. The molecule has 0 spiro atoms. The van der Waals surface area contributed by atoms with E-state index in [1.54, 1.807) is 12.1 Å². The second-order valence-corrected chi connectivity index (χ2v) is 5.08. The molecule has 5 nitrogen and oxygen atoms in total. The van der Waals surface area contributed by atoms with E-state index >= 15 is 0 Å². The Bertz CT molecular complexity index is 505. The zero-order valence-corrected chi connectivity index (χ0v) is 12.6. The maximum Gasteiger partial charge on any atom is 0.251 e. The Balaban J connectivity index is 2.91. The maximum atomic E-state index is 12.0. The Kier molecular flexibility index (Phi) is 5.98. The average molecular weight is 298 g/mol. The summed E-state index contributed by atoms with van der Waals surface area (Å²) < 4.78 is 0. The summed E-state index contributed by atoms with van der Waals surface area (Å²) >= 11 is 6.02. The molecule has 4 N–H and O–H groups in total. The van der Waals surface area contributed by atoms with E-state index in [4.69, 9.17) is 17.3 Å². The van der Waals surface area contributed by atoms with Crippen LogP contribution < -0.4 is 16.4 Å². The van der Waals surface area contributed by atoms with Gasteiger partial charge in [0.1, 0.15) is 0 Å². The van der Waals surface area contributed by atoms with E-state index in [-0.39, 0.29) is 17.7 Å². The highest BCUT2D eigenvalue weighted by molar-refractivity contribution is 6.34. The molecular weight excluding hydrogens is 278 g/mol. The van der Waals surface area contributed by atoms with Gasteiger partial charge in [0, 0.05) is 12.6 Å². The molecule has 0 radical (unpaired) electrons. The van der Waals surface area contributed by atoms with Crippen molar-refractivity contribution in [3.8, 4) is 0 Å². The molecule has 2 amide bonds. The van der Waals surface area contributed by atoms with E-state index in [9.17, 15) is 9.59 Å². The summed E-state index contributed by atoms with van der Waals surface area (Å²) in [5.41, 5.74) is 6.67. The molecule has 2 unspecified atom stereocenters. The molecule has 20 heavy (non-hydrogen) atoms. The third kappa shape index (κ3) is 3.95. The van der Waals surface area contributed by atoms with Crippen LogP contribution in [0.2, 0.25) is 5.02 Å². The quantitative estimate of drug-likeness (QED) is 0.777. The summed E-state index contributed by atoms with van der Waals surface area (Å²) in [6, 6.07) is 4.07. The number of carbonyl (C=O) groups excluding carboxylic acids is 2. The van der Waals surface area contributed by atoms with Crippen LogP contribution in [-0.4, -0.2) is 24.9 Å². The lowest BCUT2D eigenvalue weighted by Crippen LogP contribution is -2.40. The molecule has 110 valence electrons. The highest BCUT2D eigenvalue weighted by Gasteiger charge is 2.20. The van der Waals surface area contributed by atoms with Crippen molar-refractivity contribution in [3.63, 3.8) is 0 Å². The lowest BCUT2D eigenvalue weighted by atomic mass is 9.99. The SMILES string of the molecule is CCC(C)C(N)C(=O)Nc1cc(C(=O)NC)ccc1Cl. The molecule has 0 aliphatic rings. The zero-order valence-electron chi connectivity index (χ0n) is 11.9. The van der Waals surface area contributed by atoms with Gasteiger partial charge in [-0.25, -0.2) is 0 Å². The Morgan fingerprint density at radius 2 is 2.05 bits per heavy atom. The standard InChI is InChI=1S/C14H20ClN3O2/c1-4-8(2)12(16)14(20)18-11-7-9(13(19)17-3)5-6-10(11)15/h5-8,12H,4,16H2,1-3H3,(H,17,19)(H,18,20). The van der Waals surface area contributed by atoms with E-state index in [0.29, 0.717) is 16.3 Å². The average Bonchev–Trinajstić information content (AvgIpc) is 2.46. The second kappa shape index (κ2) is 7.26. The summed E-state index contributed by atoms with van der Waals surface area (Å²) in [6.07, 6.45) is 0.806. The molecular formula is C14H20ClN3O2. The van der Waals surface area contributed by atoms with Crippen LogP contribution in [0.5, 0.6) is 0 Å². The molecule has 0 aliphatic heterocycles. The fourth-order valence-corrected chi connectivity index (χ4v) is 1.80. The van der Waals surface area contributed by atoms with Crippen molar-refractivity contribution in [2.45, 2.75) is 26.3 Å². The van der Waals surface area contributed by atoms with E-state index in [0.717, 1.165) is 6.42 Å². The molecule has 1 rings (SSSR count). The van der Waals surface area contributed by atoms with Gasteiger partial charge in [0.25, 0.3) is 5.91 Å². The fourth-order valence-electron chi connectivity index (χ4n) is 1.64. The molecule has 0 fully saturated rings. The minimum atomic E-state index is -0.611. The van der Waals surface area contributed by atoms with Crippen LogP contribution in [0.25, 0.3) is 0 Å². The number of hydrogen-bond donors (Lipinski definition) is 3. The van der Waals surface area contributed by atoms with Gasteiger partial charge in [-0.05, 0) is 24.1 Å². The third-order valence-corrected chi connectivity index (χ3v) is 3.60. The van der Waals surface area contributed by atoms with Gasteiger partial charge < -0.3 is 16.4 Å². The predicted molar refractivity (Wildman–Crippen MR) is 80.9 cm³/mol. The number of carbonyl (C=O) groups is 2. The summed E-state index contributed by atoms with van der Waals surface area (Å²) in [5, 5.41) is 5.54. The smallest absolute Gasteiger partial charge is 0.251 e. The van der Waals surface area contributed by atoms with Crippen LogP contribution in [-0.2, 0) is 4.79 Å². The number of nitrogens with two attached hydrogens (primary N) is 1. The van der Waals surface area contributed by atoms with Crippen molar-refractivity contribution >= 4 is 29.1 Å². The number of nitrogens with one attached hydrogen (secondary N) is 2.